The van der Waals surface area contributed by atoms with Gasteiger partial charge in [-0.15, -0.1) is 0 Å². The Morgan fingerprint density at radius 2 is 1.81 bits per heavy atom. The number of non-ortho nitro benzene ring substituents is 1. The van der Waals surface area contributed by atoms with Crippen molar-refractivity contribution in [2.75, 3.05) is 5.32 Å². The second kappa shape index (κ2) is 8.95. The van der Waals surface area contributed by atoms with E-state index >= 15 is 0 Å². The molecule has 6 nitrogen and oxygen atoms in total. The molecule has 134 valence electrons. The van der Waals surface area contributed by atoms with E-state index < -0.39 is 10.8 Å². The summed E-state index contributed by atoms with van der Waals surface area (Å²) in [6.45, 7) is 0. The molecule has 0 radical (unpaired) electrons. The number of amides is 1. The summed E-state index contributed by atoms with van der Waals surface area (Å²) in [5, 5.41) is 16.7. The molecule has 10 heteroatoms. The zero-order valence-corrected chi connectivity index (χ0v) is 15.9. The number of hydrogen-bond acceptors (Lipinski definition) is 4. The highest BCUT2D eigenvalue weighted by molar-refractivity contribution is 7.80. The Hall–Kier alpha value is -2.19. The highest BCUT2D eigenvalue weighted by Crippen LogP contribution is 2.32. The minimum absolute atomic E-state index is 0.000943. The number of benzene rings is 2. The molecule has 0 saturated heterocycles. The average molecular weight is 431 g/mol. The van der Waals surface area contributed by atoms with Gasteiger partial charge in [-0.2, -0.15) is 0 Å². The number of hydrogen-bond donors (Lipinski definition) is 2. The first-order valence-corrected chi connectivity index (χ1v) is 8.49. The molecule has 0 atom stereocenters. The zero-order valence-electron chi connectivity index (χ0n) is 12.8. The number of carbonyl (C=O) groups excluding carboxylic acids is 1. The Labute approximate surface area is 168 Å². The summed E-state index contributed by atoms with van der Waals surface area (Å²) in [6, 6.07) is 8.77. The molecule has 0 aromatic heterocycles. The van der Waals surface area contributed by atoms with Gasteiger partial charge >= 0.3 is 0 Å². The molecule has 2 aromatic rings. The summed E-state index contributed by atoms with van der Waals surface area (Å²) in [5.41, 5.74) is 0.814. The van der Waals surface area contributed by atoms with E-state index in [1.807, 2.05) is 0 Å². The fourth-order valence-corrected chi connectivity index (χ4v) is 2.64. The van der Waals surface area contributed by atoms with E-state index in [2.05, 4.69) is 10.6 Å². The summed E-state index contributed by atoms with van der Waals surface area (Å²) in [5.74, 6) is -0.523. The number of nitro benzene ring substituents is 1. The summed E-state index contributed by atoms with van der Waals surface area (Å²) < 4.78 is 0. The van der Waals surface area contributed by atoms with Gasteiger partial charge in [0.25, 0.3) is 5.69 Å². The van der Waals surface area contributed by atoms with Crippen molar-refractivity contribution >= 4 is 75.5 Å². The van der Waals surface area contributed by atoms with Crippen molar-refractivity contribution in [1.29, 1.82) is 0 Å². The molecule has 0 unspecified atom stereocenters. The SMILES string of the molecule is O=C(C=Cc1cccc([N+](=O)[O-])c1)NC(=S)Nc1cc(Cl)c(Cl)cc1Cl. The van der Waals surface area contributed by atoms with Crippen molar-refractivity contribution in [2.24, 2.45) is 0 Å². The summed E-state index contributed by atoms with van der Waals surface area (Å²) in [6.07, 6.45) is 2.63. The van der Waals surface area contributed by atoms with Gasteiger partial charge in [0.1, 0.15) is 0 Å². The Bertz CT molecular complexity index is 919. The lowest BCUT2D eigenvalue weighted by molar-refractivity contribution is -0.384. The van der Waals surface area contributed by atoms with Gasteiger partial charge in [0, 0.05) is 18.2 Å². The molecule has 26 heavy (non-hydrogen) atoms. The van der Waals surface area contributed by atoms with Gasteiger partial charge in [-0.3, -0.25) is 20.2 Å². The zero-order chi connectivity index (χ0) is 19.3. The number of thiocarbonyl (C=S) groups is 1. The average Bonchev–Trinajstić information content (AvgIpc) is 2.58. The van der Waals surface area contributed by atoms with Gasteiger partial charge in [-0.1, -0.05) is 46.9 Å². The van der Waals surface area contributed by atoms with E-state index in [4.69, 9.17) is 47.0 Å². The molecule has 0 bridgehead atoms. The number of nitrogens with zero attached hydrogens (tertiary/aromatic N) is 1. The van der Waals surface area contributed by atoms with Crippen molar-refractivity contribution in [1.82, 2.24) is 5.32 Å². The monoisotopic (exact) mass is 429 g/mol. The third-order valence-corrected chi connectivity index (χ3v) is 4.24. The minimum atomic E-state index is -0.523. The molecule has 0 aliphatic rings. The van der Waals surface area contributed by atoms with Crippen molar-refractivity contribution in [2.45, 2.75) is 0 Å². The second-order valence-corrected chi connectivity index (χ2v) is 6.50. The van der Waals surface area contributed by atoms with Crippen molar-refractivity contribution in [3.63, 3.8) is 0 Å². The first kappa shape index (κ1) is 20.1. The number of anilines is 1. The third-order valence-electron chi connectivity index (χ3n) is 3.00. The van der Waals surface area contributed by atoms with Gasteiger partial charge in [-0.05, 0) is 36.0 Å². The van der Waals surface area contributed by atoms with Gasteiger partial charge in [0.15, 0.2) is 5.11 Å². The van der Waals surface area contributed by atoms with E-state index in [0.717, 1.165) is 0 Å². The predicted octanol–water partition coefficient (Wildman–Crippen LogP) is 5.08. The smallest absolute Gasteiger partial charge is 0.270 e. The van der Waals surface area contributed by atoms with Gasteiger partial charge < -0.3 is 5.32 Å². The van der Waals surface area contributed by atoms with Gasteiger partial charge in [0.05, 0.1) is 25.7 Å². The third kappa shape index (κ3) is 5.67. The fourth-order valence-electron chi connectivity index (χ4n) is 1.84. The number of nitrogens with one attached hydrogen (secondary N) is 2. The lowest BCUT2D eigenvalue weighted by Gasteiger charge is -2.10. The first-order chi connectivity index (χ1) is 12.3. The molecule has 0 fully saturated rings. The van der Waals surface area contributed by atoms with Crippen LogP contribution in [0.5, 0.6) is 0 Å². The van der Waals surface area contributed by atoms with Gasteiger partial charge in [0.2, 0.25) is 5.91 Å². The molecule has 2 aromatic carbocycles. The highest BCUT2D eigenvalue weighted by Gasteiger charge is 2.09. The van der Waals surface area contributed by atoms with Crippen LogP contribution in [0.1, 0.15) is 5.56 Å². The summed E-state index contributed by atoms with van der Waals surface area (Å²) in [4.78, 5) is 22.1. The molecule has 2 rings (SSSR count). The lowest BCUT2D eigenvalue weighted by atomic mass is 10.2. The molecular formula is C16H10Cl3N3O3S. The molecule has 0 aliphatic heterocycles. The topological polar surface area (TPSA) is 84.3 Å². The van der Waals surface area contributed by atoms with E-state index in [9.17, 15) is 14.9 Å². The van der Waals surface area contributed by atoms with E-state index in [-0.39, 0.29) is 25.9 Å². The van der Waals surface area contributed by atoms with Gasteiger partial charge in [-0.25, -0.2) is 0 Å². The van der Waals surface area contributed by atoms with Crippen LogP contribution >= 0.6 is 47.0 Å². The summed E-state index contributed by atoms with van der Waals surface area (Å²) >= 11 is 22.8. The van der Waals surface area contributed by atoms with Crippen LogP contribution in [-0.2, 0) is 4.79 Å². The number of rotatable bonds is 4. The van der Waals surface area contributed by atoms with Crippen LogP contribution in [-0.4, -0.2) is 15.9 Å². The Kier molecular flexibility index (Phi) is 6.93. The van der Waals surface area contributed by atoms with Crippen molar-refractivity contribution < 1.29 is 9.72 Å². The summed E-state index contributed by atoms with van der Waals surface area (Å²) in [7, 11) is 0. The largest absolute Gasteiger partial charge is 0.331 e. The fraction of sp³-hybridized carbons (Fsp3) is 0. The standard InChI is InChI=1S/C16H10Cl3N3O3S/c17-11-7-13(19)14(8-12(11)18)20-16(26)21-15(23)5-4-9-2-1-3-10(6-9)22(24)25/h1-8H,(H2,20,21,23,26). The quantitative estimate of drug-likeness (QED) is 0.232. The molecule has 0 heterocycles. The molecule has 0 spiro atoms. The van der Waals surface area contributed by atoms with Crippen LogP contribution < -0.4 is 10.6 Å². The molecule has 0 aliphatic carbocycles. The Balaban J connectivity index is 1.99. The maximum Gasteiger partial charge on any atom is 0.270 e. The van der Waals surface area contributed by atoms with Crippen molar-refractivity contribution in [3.8, 4) is 0 Å². The Morgan fingerprint density at radius 3 is 2.50 bits per heavy atom. The molecule has 2 N–H and O–H groups in total. The normalized spacial score (nSPS) is 10.6. The highest BCUT2D eigenvalue weighted by atomic mass is 35.5. The van der Waals surface area contributed by atoms with Crippen LogP contribution in [0, 0.1) is 10.1 Å². The second-order valence-electron chi connectivity index (χ2n) is 4.87. The molecule has 0 saturated carbocycles. The first-order valence-electron chi connectivity index (χ1n) is 6.95. The molecule has 1 amide bonds. The van der Waals surface area contributed by atoms with E-state index in [0.29, 0.717) is 11.3 Å². The lowest BCUT2D eigenvalue weighted by Crippen LogP contribution is -2.32. The number of nitro groups is 1. The predicted molar refractivity (Wildman–Crippen MR) is 108 cm³/mol. The van der Waals surface area contributed by atoms with Crippen LogP contribution in [0.25, 0.3) is 6.08 Å². The van der Waals surface area contributed by atoms with Crippen molar-refractivity contribution in [3.05, 3.63) is 73.2 Å². The van der Waals surface area contributed by atoms with E-state index in [1.54, 1.807) is 6.07 Å². The Morgan fingerprint density at radius 1 is 1.12 bits per heavy atom. The maximum atomic E-state index is 11.9. The van der Waals surface area contributed by atoms with Crippen LogP contribution in [0.2, 0.25) is 15.1 Å². The number of carbonyl (C=O) groups is 1. The van der Waals surface area contributed by atoms with Crippen LogP contribution in [0.15, 0.2) is 42.5 Å². The maximum absolute atomic E-state index is 11.9. The van der Waals surface area contributed by atoms with Crippen LogP contribution in [0.4, 0.5) is 11.4 Å². The molecular weight excluding hydrogens is 421 g/mol. The minimum Gasteiger partial charge on any atom is -0.331 e. The number of halogens is 3. The van der Waals surface area contributed by atoms with Crippen LogP contribution in [0.3, 0.4) is 0 Å². The van der Waals surface area contributed by atoms with E-state index in [1.165, 1.54) is 42.5 Å².